The molecular weight excluding hydrogens is 170 g/mol. The summed E-state index contributed by atoms with van der Waals surface area (Å²) in [6.07, 6.45) is 0. The lowest BCUT2D eigenvalue weighted by Crippen LogP contribution is -2.30. The van der Waals surface area contributed by atoms with Gasteiger partial charge in [0.15, 0.2) is 0 Å². The van der Waals surface area contributed by atoms with Gasteiger partial charge >= 0.3 is 0 Å². The van der Waals surface area contributed by atoms with Crippen molar-refractivity contribution in [1.82, 2.24) is 5.32 Å². The highest BCUT2D eigenvalue weighted by molar-refractivity contribution is 5.29. The highest BCUT2D eigenvalue weighted by atomic mass is 14.9. The van der Waals surface area contributed by atoms with Crippen molar-refractivity contribution in [2.45, 2.75) is 33.7 Å². The maximum absolute atomic E-state index is 3.40. The molecule has 0 spiro atoms. The summed E-state index contributed by atoms with van der Waals surface area (Å²) in [6.45, 7) is 8.97. The van der Waals surface area contributed by atoms with Crippen molar-refractivity contribution < 1.29 is 0 Å². The van der Waals surface area contributed by atoms with Crippen LogP contribution >= 0.6 is 0 Å². The van der Waals surface area contributed by atoms with E-state index in [0.29, 0.717) is 6.04 Å². The van der Waals surface area contributed by atoms with E-state index in [2.05, 4.69) is 57.3 Å². The summed E-state index contributed by atoms with van der Waals surface area (Å²) in [5.41, 5.74) is 3.02. The van der Waals surface area contributed by atoms with Gasteiger partial charge in [-0.15, -0.1) is 0 Å². The minimum absolute atomic E-state index is 0.251. The number of hydrogen-bond donors (Lipinski definition) is 1. The van der Waals surface area contributed by atoms with Crippen LogP contribution in [-0.2, 0) is 0 Å². The van der Waals surface area contributed by atoms with Gasteiger partial charge in [0.05, 0.1) is 0 Å². The summed E-state index contributed by atoms with van der Waals surface area (Å²) >= 11 is 0. The van der Waals surface area contributed by atoms with Crippen molar-refractivity contribution >= 4 is 0 Å². The lowest BCUT2D eigenvalue weighted by molar-refractivity contribution is 0.286. The Morgan fingerprint density at radius 3 is 2.14 bits per heavy atom. The van der Waals surface area contributed by atoms with Crippen molar-refractivity contribution in [2.24, 2.45) is 5.41 Å². The van der Waals surface area contributed by atoms with Gasteiger partial charge in [0, 0.05) is 6.04 Å². The monoisotopic (exact) mass is 191 g/mol. The maximum Gasteiger partial charge on any atom is 0.0369 e. The second kappa shape index (κ2) is 4.14. The summed E-state index contributed by atoms with van der Waals surface area (Å²) in [4.78, 5) is 0. The van der Waals surface area contributed by atoms with Gasteiger partial charge in [-0.1, -0.05) is 45.0 Å². The van der Waals surface area contributed by atoms with Crippen LogP contribution in [0.2, 0.25) is 0 Å². The highest BCUT2D eigenvalue weighted by Gasteiger charge is 2.25. The zero-order valence-electron chi connectivity index (χ0n) is 9.89. The fourth-order valence-electron chi connectivity index (χ4n) is 1.97. The minimum Gasteiger partial charge on any atom is -0.313 e. The molecule has 1 unspecified atom stereocenters. The smallest absolute Gasteiger partial charge is 0.0369 e. The number of hydrogen-bond acceptors (Lipinski definition) is 1. The van der Waals surface area contributed by atoms with Gasteiger partial charge < -0.3 is 5.32 Å². The fourth-order valence-corrected chi connectivity index (χ4v) is 1.97. The Kier molecular flexibility index (Phi) is 3.33. The third-order valence-corrected chi connectivity index (χ3v) is 2.65. The molecule has 0 fully saturated rings. The van der Waals surface area contributed by atoms with Crippen LogP contribution in [0.4, 0.5) is 0 Å². The molecule has 1 aromatic carbocycles. The minimum atomic E-state index is 0.251. The molecule has 1 aromatic rings. The number of rotatable bonds is 2. The van der Waals surface area contributed by atoms with Gasteiger partial charge in [0.25, 0.3) is 0 Å². The van der Waals surface area contributed by atoms with Crippen LogP contribution in [0.15, 0.2) is 24.3 Å². The van der Waals surface area contributed by atoms with Gasteiger partial charge in [0.2, 0.25) is 0 Å². The Bertz CT molecular complexity index is 296. The molecule has 1 nitrogen and oxygen atoms in total. The topological polar surface area (TPSA) is 12.0 Å². The van der Waals surface area contributed by atoms with Gasteiger partial charge in [-0.2, -0.15) is 0 Å². The molecule has 0 aliphatic heterocycles. The first-order valence-electron chi connectivity index (χ1n) is 5.19. The van der Waals surface area contributed by atoms with E-state index in [4.69, 9.17) is 0 Å². The maximum atomic E-state index is 3.40. The van der Waals surface area contributed by atoms with Crippen molar-refractivity contribution in [3.8, 4) is 0 Å². The summed E-state index contributed by atoms with van der Waals surface area (Å²) in [5, 5.41) is 3.40. The molecule has 1 atom stereocenters. The first-order valence-corrected chi connectivity index (χ1v) is 5.19. The highest BCUT2D eigenvalue weighted by Crippen LogP contribution is 2.33. The second-order valence-electron chi connectivity index (χ2n) is 4.94. The lowest BCUT2D eigenvalue weighted by Gasteiger charge is -2.31. The molecule has 0 radical (unpaired) electrons. The Hall–Kier alpha value is -0.820. The molecule has 78 valence electrons. The van der Waals surface area contributed by atoms with Gasteiger partial charge in [-0.05, 0) is 30.5 Å². The Labute approximate surface area is 87.5 Å². The van der Waals surface area contributed by atoms with Crippen molar-refractivity contribution in [3.63, 3.8) is 0 Å². The van der Waals surface area contributed by atoms with E-state index in [1.165, 1.54) is 11.1 Å². The Morgan fingerprint density at radius 2 is 1.71 bits per heavy atom. The number of aryl methyl sites for hydroxylation is 1. The summed E-state index contributed by atoms with van der Waals surface area (Å²) < 4.78 is 0. The standard InChI is InChI=1S/C13H21N/c1-10-8-6-7-9-11(10)12(14-5)13(2,3)4/h6-9,12,14H,1-5H3. The molecular formula is C13H21N. The van der Waals surface area contributed by atoms with E-state index >= 15 is 0 Å². The van der Waals surface area contributed by atoms with Gasteiger partial charge in [-0.3, -0.25) is 0 Å². The van der Waals surface area contributed by atoms with E-state index in [-0.39, 0.29) is 5.41 Å². The molecule has 1 heteroatoms. The normalized spacial score (nSPS) is 14.1. The SMILES string of the molecule is CNC(c1ccccc1C)C(C)(C)C. The van der Waals surface area contributed by atoms with E-state index in [9.17, 15) is 0 Å². The molecule has 0 amide bonds. The molecule has 0 aliphatic carbocycles. The molecule has 1 rings (SSSR count). The molecule has 0 heterocycles. The fraction of sp³-hybridized carbons (Fsp3) is 0.538. The van der Waals surface area contributed by atoms with E-state index < -0.39 is 0 Å². The molecule has 0 aliphatic rings. The molecule has 0 saturated carbocycles. The average molecular weight is 191 g/mol. The molecule has 0 aromatic heterocycles. The zero-order valence-corrected chi connectivity index (χ0v) is 9.89. The predicted octanol–water partition coefficient (Wildman–Crippen LogP) is 3.30. The summed E-state index contributed by atoms with van der Waals surface area (Å²) in [6, 6.07) is 9.00. The molecule has 14 heavy (non-hydrogen) atoms. The third-order valence-electron chi connectivity index (χ3n) is 2.65. The first kappa shape index (κ1) is 11.3. The lowest BCUT2D eigenvalue weighted by atomic mass is 9.81. The quantitative estimate of drug-likeness (QED) is 0.756. The van der Waals surface area contributed by atoms with Crippen LogP contribution < -0.4 is 5.32 Å². The third kappa shape index (κ3) is 2.36. The summed E-state index contributed by atoms with van der Waals surface area (Å²) in [7, 11) is 2.03. The average Bonchev–Trinajstić information content (AvgIpc) is 2.07. The van der Waals surface area contributed by atoms with Crippen molar-refractivity contribution in [1.29, 1.82) is 0 Å². The van der Waals surface area contributed by atoms with Crippen LogP contribution in [0.5, 0.6) is 0 Å². The van der Waals surface area contributed by atoms with E-state index in [1.807, 2.05) is 7.05 Å². The van der Waals surface area contributed by atoms with Crippen LogP contribution in [0.3, 0.4) is 0 Å². The zero-order chi connectivity index (χ0) is 10.8. The second-order valence-corrected chi connectivity index (χ2v) is 4.94. The van der Waals surface area contributed by atoms with Gasteiger partial charge in [-0.25, -0.2) is 0 Å². The largest absolute Gasteiger partial charge is 0.313 e. The molecule has 1 N–H and O–H groups in total. The van der Waals surface area contributed by atoms with Crippen molar-refractivity contribution in [2.75, 3.05) is 7.05 Å². The Morgan fingerprint density at radius 1 is 1.14 bits per heavy atom. The summed E-state index contributed by atoms with van der Waals surface area (Å²) in [5.74, 6) is 0. The first-order chi connectivity index (χ1) is 6.46. The predicted molar refractivity (Wildman–Crippen MR) is 62.4 cm³/mol. The molecule has 0 bridgehead atoms. The van der Waals surface area contributed by atoms with E-state index in [1.54, 1.807) is 0 Å². The van der Waals surface area contributed by atoms with Gasteiger partial charge in [0.1, 0.15) is 0 Å². The van der Waals surface area contributed by atoms with Crippen LogP contribution in [0, 0.1) is 12.3 Å². The number of benzene rings is 1. The van der Waals surface area contributed by atoms with Crippen LogP contribution in [0.1, 0.15) is 37.9 Å². The van der Waals surface area contributed by atoms with E-state index in [0.717, 1.165) is 0 Å². The Balaban J connectivity index is 3.08. The van der Waals surface area contributed by atoms with Crippen molar-refractivity contribution in [3.05, 3.63) is 35.4 Å². The van der Waals surface area contributed by atoms with Crippen LogP contribution in [-0.4, -0.2) is 7.05 Å². The van der Waals surface area contributed by atoms with Crippen LogP contribution in [0.25, 0.3) is 0 Å². The molecule has 0 saturated heterocycles. The number of nitrogens with one attached hydrogen (secondary N) is 1.